The minimum Gasteiger partial charge on any atom is -0.396 e. The van der Waals surface area contributed by atoms with E-state index in [4.69, 9.17) is 5.11 Å². The molecule has 320 valence electrons. The van der Waals surface area contributed by atoms with Gasteiger partial charge in [-0.25, -0.2) is 0 Å². The van der Waals surface area contributed by atoms with Crippen molar-refractivity contribution in [2.75, 3.05) is 6.61 Å². The van der Waals surface area contributed by atoms with Crippen LogP contribution in [0, 0.1) is 11.8 Å². The summed E-state index contributed by atoms with van der Waals surface area (Å²) in [6, 6.07) is 0. The fourth-order valence-corrected chi connectivity index (χ4v) is 8.81. The largest absolute Gasteiger partial charge is 0.396 e. The Morgan fingerprint density at radius 2 is 0.377 bits per heavy atom. The lowest BCUT2D eigenvalue weighted by atomic mass is 9.95. The van der Waals surface area contributed by atoms with E-state index in [2.05, 4.69) is 20.8 Å². The number of aliphatic hydroxyl groups is 1. The van der Waals surface area contributed by atoms with Crippen LogP contribution in [0.15, 0.2) is 0 Å². The molecular weight excluding hydrogens is 641 g/mol. The monoisotopic (exact) mass is 747 g/mol. The molecule has 0 rings (SSSR count). The van der Waals surface area contributed by atoms with Crippen molar-refractivity contribution in [2.24, 2.45) is 11.8 Å². The Morgan fingerprint density at radius 1 is 0.226 bits per heavy atom. The Kier molecular flexibility index (Phi) is 48.1. The number of unbranched alkanes of at least 4 members (excludes halogenated alkanes) is 39. The second kappa shape index (κ2) is 48.1. The Bertz CT molecular complexity index is 614. The normalized spacial score (nSPS) is 12.9. The molecule has 0 amide bonds. The van der Waals surface area contributed by atoms with E-state index in [1.807, 2.05) is 0 Å². The van der Waals surface area contributed by atoms with Crippen LogP contribution >= 0.6 is 0 Å². The molecule has 0 aromatic carbocycles. The van der Waals surface area contributed by atoms with E-state index in [1.54, 1.807) is 0 Å². The first-order valence-electron chi connectivity index (χ1n) is 25.8. The van der Waals surface area contributed by atoms with Gasteiger partial charge in [-0.2, -0.15) is 0 Å². The molecule has 0 fully saturated rings. The summed E-state index contributed by atoms with van der Waals surface area (Å²) in [5, 5.41) is 8.82. The molecule has 0 aliphatic rings. The van der Waals surface area contributed by atoms with Crippen molar-refractivity contribution in [3.63, 3.8) is 0 Å². The molecule has 0 saturated carbocycles. The van der Waals surface area contributed by atoms with E-state index in [0.717, 1.165) is 18.3 Å². The summed E-state index contributed by atoms with van der Waals surface area (Å²) < 4.78 is 0. The van der Waals surface area contributed by atoms with Crippen LogP contribution in [0.1, 0.15) is 316 Å². The average Bonchev–Trinajstić information content (AvgIpc) is 3.16. The average molecular weight is 747 g/mol. The van der Waals surface area contributed by atoms with Crippen LogP contribution in [-0.4, -0.2) is 11.7 Å². The molecule has 0 aromatic rings. The van der Waals surface area contributed by atoms with E-state index in [-0.39, 0.29) is 0 Å². The molecule has 0 bridgehead atoms. The summed E-state index contributed by atoms with van der Waals surface area (Å²) in [5.41, 5.74) is 0. The summed E-state index contributed by atoms with van der Waals surface area (Å²) in [7, 11) is 0. The van der Waals surface area contributed by atoms with Gasteiger partial charge in [0.25, 0.3) is 0 Å². The highest BCUT2D eigenvalue weighted by Gasteiger charge is 2.04. The molecule has 0 aliphatic carbocycles. The third-order valence-electron chi connectivity index (χ3n) is 12.8. The van der Waals surface area contributed by atoms with Crippen molar-refractivity contribution < 1.29 is 5.11 Å². The van der Waals surface area contributed by atoms with E-state index in [9.17, 15) is 0 Å². The van der Waals surface area contributed by atoms with Crippen molar-refractivity contribution >= 4 is 0 Å². The van der Waals surface area contributed by atoms with Gasteiger partial charge in [0.15, 0.2) is 0 Å². The van der Waals surface area contributed by atoms with Gasteiger partial charge in [0.2, 0.25) is 0 Å². The molecule has 0 aromatic heterocycles. The van der Waals surface area contributed by atoms with Crippen LogP contribution < -0.4 is 0 Å². The fourth-order valence-electron chi connectivity index (χ4n) is 8.81. The van der Waals surface area contributed by atoms with Gasteiger partial charge in [-0.15, -0.1) is 0 Å². The SMILES string of the molecule is CCCCCCCCCCCCC(C)CCCCCCCCCC(C)CCCCCCCCCCCCCCCCCCCCCCCCCCCO. The van der Waals surface area contributed by atoms with Crippen LogP contribution in [0.3, 0.4) is 0 Å². The third-order valence-corrected chi connectivity index (χ3v) is 12.8. The second-order valence-corrected chi connectivity index (χ2v) is 18.6. The maximum absolute atomic E-state index is 8.82. The minimum atomic E-state index is 0.374. The zero-order chi connectivity index (χ0) is 38.4. The molecule has 53 heavy (non-hydrogen) atoms. The lowest BCUT2D eigenvalue weighted by molar-refractivity contribution is 0.282. The van der Waals surface area contributed by atoms with Crippen molar-refractivity contribution in [3.05, 3.63) is 0 Å². The lowest BCUT2D eigenvalue weighted by Crippen LogP contribution is -1.96. The summed E-state index contributed by atoms with van der Waals surface area (Å²) in [6.07, 6.45) is 66.7. The van der Waals surface area contributed by atoms with Gasteiger partial charge in [0, 0.05) is 6.61 Å². The smallest absolute Gasteiger partial charge is 0.0431 e. The molecule has 2 atom stereocenters. The molecule has 0 spiro atoms. The van der Waals surface area contributed by atoms with Gasteiger partial charge < -0.3 is 5.11 Å². The predicted molar refractivity (Wildman–Crippen MR) is 243 cm³/mol. The molecule has 2 unspecified atom stereocenters. The van der Waals surface area contributed by atoms with Crippen LogP contribution in [-0.2, 0) is 0 Å². The molecular formula is C52H106O. The van der Waals surface area contributed by atoms with Crippen molar-refractivity contribution in [2.45, 2.75) is 316 Å². The van der Waals surface area contributed by atoms with E-state index in [1.165, 1.54) is 289 Å². The Morgan fingerprint density at radius 3 is 0.547 bits per heavy atom. The Balaban J connectivity index is 3.20. The number of rotatable bonds is 48. The van der Waals surface area contributed by atoms with Crippen molar-refractivity contribution in [1.82, 2.24) is 0 Å². The first-order valence-corrected chi connectivity index (χ1v) is 25.8. The molecule has 0 saturated heterocycles. The van der Waals surface area contributed by atoms with Crippen LogP contribution in [0.2, 0.25) is 0 Å². The first kappa shape index (κ1) is 53.0. The highest BCUT2D eigenvalue weighted by atomic mass is 16.2. The number of aliphatic hydroxyl groups excluding tert-OH is 1. The molecule has 0 heterocycles. The summed E-state index contributed by atoms with van der Waals surface area (Å²) >= 11 is 0. The maximum Gasteiger partial charge on any atom is 0.0431 e. The van der Waals surface area contributed by atoms with Gasteiger partial charge >= 0.3 is 0 Å². The minimum absolute atomic E-state index is 0.374. The van der Waals surface area contributed by atoms with Crippen LogP contribution in [0.5, 0.6) is 0 Å². The van der Waals surface area contributed by atoms with E-state index < -0.39 is 0 Å². The highest BCUT2D eigenvalue weighted by Crippen LogP contribution is 2.22. The standard InChI is InChI=1S/C52H106O/c1-4-5-6-7-8-9-27-31-36-41-46-51(2)48-43-38-33-30-34-39-44-49-52(3)47-42-37-32-28-25-23-21-19-17-15-13-11-10-12-14-16-18-20-22-24-26-29-35-40-45-50-53/h51-53H,4-50H2,1-3H3. The zero-order valence-electron chi connectivity index (χ0n) is 37.8. The molecule has 0 aliphatic heterocycles. The van der Waals surface area contributed by atoms with E-state index in [0.29, 0.717) is 6.61 Å². The highest BCUT2D eigenvalue weighted by molar-refractivity contribution is 4.59. The lowest BCUT2D eigenvalue weighted by Gasteiger charge is -2.12. The Labute approximate surface area is 338 Å². The fraction of sp³-hybridized carbons (Fsp3) is 1.00. The quantitative estimate of drug-likeness (QED) is 0.0615. The van der Waals surface area contributed by atoms with Gasteiger partial charge in [-0.05, 0) is 18.3 Å². The maximum atomic E-state index is 8.82. The van der Waals surface area contributed by atoms with E-state index >= 15 is 0 Å². The summed E-state index contributed by atoms with van der Waals surface area (Å²) in [5.74, 6) is 1.91. The van der Waals surface area contributed by atoms with Gasteiger partial charge in [-0.1, -0.05) is 310 Å². The second-order valence-electron chi connectivity index (χ2n) is 18.6. The van der Waals surface area contributed by atoms with Gasteiger partial charge in [0.1, 0.15) is 0 Å². The van der Waals surface area contributed by atoms with Crippen LogP contribution in [0.25, 0.3) is 0 Å². The molecule has 1 N–H and O–H groups in total. The summed E-state index contributed by atoms with van der Waals surface area (Å²) in [6.45, 7) is 7.72. The summed E-state index contributed by atoms with van der Waals surface area (Å²) in [4.78, 5) is 0. The first-order chi connectivity index (χ1) is 26.2. The van der Waals surface area contributed by atoms with Gasteiger partial charge in [-0.3, -0.25) is 0 Å². The third kappa shape index (κ3) is 48.0. The van der Waals surface area contributed by atoms with Crippen molar-refractivity contribution in [1.29, 1.82) is 0 Å². The van der Waals surface area contributed by atoms with Crippen molar-refractivity contribution in [3.8, 4) is 0 Å². The van der Waals surface area contributed by atoms with Crippen LogP contribution in [0.4, 0.5) is 0 Å². The number of hydrogen-bond donors (Lipinski definition) is 1. The molecule has 1 nitrogen and oxygen atoms in total. The number of hydrogen-bond acceptors (Lipinski definition) is 1. The van der Waals surface area contributed by atoms with Gasteiger partial charge in [0.05, 0.1) is 0 Å². The zero-order valence-corrected chi connectivity index (χ0v) is 37.8. The Hall–Kier alpha value is -0.0400. The molecule has 0 radical (unpaired) electrons. The molecule has 1 heteroatoms. The topological polar surface area (TPSA) is 20.2 Å². The predicted octanol–water partition coefficient (Wildman–Crippen LogP) is 19.2.